The zero-order valence-corrected chi connectivity index (χ0v) is 17.7. The quantitative estimate of drug-likeness (QED) is 0.492. The van der Waals surface area contributed by atoms with E-state index in [0.29, 0.717) is 11.4 Å². The molecule has 1 aliphatic heterocycles. The van der Waals surface area contributed by atoms with Gasteiger partial charge < -0.3 is 16.0 Å². The second kappa shape index (κ2) is 9.73. The molecule has 0 atom stereocenters. The summed E-state index contributed by atoms with van der Waals surface area (Å²) in [6.45, 7) is -0.144. The zero-order chi connectivity index (χ0) is 24.2. The first-order valence-electron chi connectivity index (χ1n) is 9.49. The number of carbonyl (C=O) groups is 4. The number of nitrogens with zero attached hydrogens (tertiary/aromatic N) is 1. The third kappa shape index (κ3) is 5.68. The van der Waals surface area contributed by atoms with Gasteiger partial charge in [0.05, 0.1) is 11.4 Å². The summed E-state index contributed by atoms with van der Waals surface area (Å²) in [5.74, 6) is -4.98. The Kier molecular flexibility index (Phi) is 7.01. The van der Waals surface area contributed by atoms with Crippen LogP contribution in [0, 0.1) is 0 Å². The predicted molar refractivity (Wildman–Crippen MR) is 112 cm³/mol. The summed E-state index contributed by atoms with van der Waals surface area (Å²) < 4.78 is 48.0. The summed E-state index contributed by atoms with van der Waals surface area (Å²) >= 11 is 0. The summed E-state index contributed by atoms with van der Waals surface area (Å²) in [5.41, 5.74) is 0.833. The number of urea groups is 1. The minimum atomic E-state index is -4.75. The maximum absolute atomic E-state index is 12.6. The largest absolute Gasteiger partial charge is 0.341 e. The Morgan fingerprint density at radius 3 is 2.06 bits per heavy atom. The zero-order valence-electron chi connectivity index (χ0n) is 16.9. The molecule has 174 valence electrons. The molecule has 0 aliphatic carbocycles. The van der Waals surface area contributed by atoms with E-state index in [1.165, 1.54) is 24.3 Å². The predicted octanol–water partition coefficient (Wildman–Crippen LogP) is 1.82. The van der Waals surface area contributed by atoms with Crippen LogP contribution < -0.4 is 16.0 Å². The average Bonchev–Trinajstić information content (AvgIpc) is 3.10. The standard InChI is InChI=1S/C20H18F2N4O6S/c21-19(22)33(31,32)15-7-1-12(2-8-15)18(29)25-14-5-3-13(4-6-14)24-16(27)9-10-26-17(28)11-23-20(26)30/h1-8,19H,9-11H2,(H,23,30)(H,24,27)(H,25,29). The Morgan fingerprint density at radius 1 is 0.970 bits per heavy atom. The van der Waals surface area contributed by atoms with Crippen LogP contribution in [0.25, 0.3) is 0 Å². The first kappa shape index (κ1) is 23.8. The number of carbonyl (C=O) groups excluding carboxylic acids is 4. The lowest BCUT2D eigenvalue weighted by molar-refractivity contribution is -0.125. The Labute approximate surface area is 186 Å². The van der Waals surface area contributed by atoms with Crippen molar-refractivity contribution in [3.8, 4) is 0 Å². The van der Waals surface area contributed by atoms with E-state index in [2.05, 4.69) is 16.0 Å². The molecule has 33 heavy (non-hydrogen) atoms. The van der Waals surface area contributed by atoms with Gasteiger partial charge in [-0.15, -0.1) is 0 Å². The number of alkyl halides is 2. The van der Waals surface area contributed by atoms with E-state index in [9.17, 15) is 36.4 Å². The number of sulfone groups is 1. The van der Waals surface area contributed by atoms with Crippen molar-refractivity contribution in [2.24, 2.45) is 0 Å². The highest BCUT2D eigenvalue weighted by molar-refractivity contribution is 7.91. The van der Waals surface area contributed by atoms with Gasteiger partial charge in [-0.2, -0.15) is 8.78 Å². The highest BCUT2D eigenvalue weighted by atomic mass is 32.2. The van der Waals surface area contributed by atoms with E-state index < -0.39 is 44.2 Å². The molecule has 0 saturated carbocycles. The fourth-order valence-electron chi connectivity index (χ4n) is 2.86. The highest BCUT2D eigenvalue weighted by Gasteiger charge is 2.28. The second-order valence-electron chi connectivity index (χ2n) is 6.86. The Morgan fingerprint density at radius 2 is 1.55 bits per heavy atom. The molecule has 3 N–H and O–H groups in total. The van der Waals surface area contributed by atoms with Crippen molar-refractivity contribution in [3.63, 3.8) is 0 Å². The van der Waals surface area contributed by atoms with Crippen LogP contribution in [0.15, 0.2) is 53.4 Å². The Bertz CT molecular complexity index is 1170. The van der Waals surface area contributed by atoms with Crippen molar-refractivity contribution in [3.05, 3.63) is 54.1 Å². The van der Waals surface area contributed by atoms with Crippen molar-refractivity contribution in [2.75, 3.05) is 23.7 Å². The number of amides is 5. The SMILES string of the molecule is O=C(CCN1C(=O)CNC1=O)Nc1ccc(NC(=O)c2ccc(S(=O)(=O)C(F)F)cc2)cc1. The van der Waals surface area contributed by atoms with E-state index in [4.69, 9.17) is 0 Å². The minimum absolute atomic E-state index is 0.0535. The highest BCUT2D eigenvalue weighted by Crippen LogP contribution is 2.20. The molecule has 1 fully saturated rings. The van der Waals surface area contributed by atoms with E-state index >= 15 is 0 Å². The topological polar surface area (TPSA) is 142 Å². The number of benzene rings is 2. The summed E-state index contributed by atoms with van der Waals surface area (Å²) in [6.07, 6.45) is -0.0884. The molecular weight excluding hydrogens is 462 g/mol. The van der Waals surface area contributed by atoms with Crippen LogP contribution in [0.2, 0.25) is 0 Å². The molecule has 1 aliphatic rings. The van der Waals surface area contributed by atoms with Crippen LogP contribution in [0.1, 0.15) is 16.8 Å². The molecule has 0 bridgehead atoms. The molecule has 2 aromatic carbocycles. The van der Waals surface area contributed by atoms with Crippen LogP contribution in [-0.2, 0) is 19.4 Å². The van der Waals surface area contributed by atoms with Crippen LogP contribution in [-0.4, -0.2) is 55.9 Å². The monoisotopic (exact) mass is 480 g/mol. The normalized spacial score (nSPS) is 13.7. The average molecular weight is 480 g/mol. The molecule has 0 radical (unpaired) electrons. The van der Waals surface area contributed by atoms with Gasteiger partial charge in [0.2, 0.25) is 21.7 Å². The fourth-order valence-corrected chi connectivity index (χ4v) is 3.58. The number of anilines is 2. The van der Waals surface area contributed by atoms with Crippen molar-refractivity contribution < 1.29 is 36.4 Å². The van der Waals surface area contributed by atoms with Crippen LogP contribution in [0.4, 0.5) is 25.0 Å². The summed E-state index contributed by atoms with van der Waals surface area (Å²) in [4.78, 5) is 47.6. The van der Waals surface area contributed by atoms with Crippen LogP contribution >= 0.6 is 0 Å². The van der Waals surface area contributed by atoms with E-state index in [-0.39, 0.29) is 25.1 Å². The maximum Gasteiger partial charge on any atom is 0.341 e. The van der Waals surface area contributed by atoms with Gasteiger partial charge >= 0.3 is 11.8 Å². The molecule has 0 unspecified atom stereocenters. The number of hydrogen-bond donors (Lipinski definition) is 3. The van der Waals surface area contributed by atoms with Gasteiger partial charge in [-0.3, -0.25) is 19.3 Å². The lowest BCUT2D eigenvalue weighted by atomic mass is 10.2. The fraction of sp³-hybridized carbons (Fsp3) is 0.200. The van der Waals surface area contributed by atoms with E-state index in [1.807, 2.05) is 0 Å². The summed E-state index contributed by atoms with van der Waals surface area (Å²) in [5, 5.41) is 7.51. The minimum Gasteiger partial charge on any atom is -0.329 e. The summed E-state index contributed by atoms with van der Waals surface area (Å²) in [6, 6.07) is 9.57. The lowest BCUT2D eigenvalue weighted by Gasteiger charge is -2.12. The smallest absolute Gasteiger partial charge is 0.329 e. The van der Waals surface area contributed by atoms with Gasteiger partial charge in [-0.1, -0.05) is 0 Å². The second-order valence-corrected chi connectivity index (χ2v) is 8.78. The van der Waals surface area contributed by atoms with Gasteiger partial charge in [-0.05, 0) is 48.5 Å². The first-order chi connectivity index (χ1) is 15.6. The number of halogens is 2. The maximum atomic E-state index is 12.6. The molecule has 2 aromatic rings. The molecule has 10 nitrogen and oxygen atoms in total. The molecule has 1 saturated heterocycles. The van der Waals surface area contributed by atoms with Crippen molar-refractivity contribution in [2.45, 2.75) is 17.1 Å². The van der Waals surface area contributed by atoms with Crippen molar-refractivity contribution >= 4 is 45.0 Å². The Balaban J connectivity index is 1.53. The first-order valence-corrected chi connectivity index (χ1v) is 11.0. The van der Waals surface area contributed by atoms with E-state index in [1.54, 1.807) is 0 Å². The van der Waals surface area contributed by atoms with Gasteiger partial charge in [0, 0.05) is 29.9 Å². The van der Waals surface area contributed by atoms with Crippen molar-refractivity contribution in [1.82, 2.24) is 10.2 Å². The van der Waals surface area contributed by atoms with Gasteiger partial charge in [0.25, 0.3) is 5.91 Å². The van der Waals surface area contributed by atoms with Crippen molar-refractivity contribution in [1.29, 1.82) is 0 Å². The molecule has 13 heteroatoms. The molecular formula is C20H18F2N4O6S. The molecule has 0 spiro atoms. The van der Waals surface area contributed by atoms with Gasteiger partial charge in [0.1, 0.15) is 0 Å². The third-order valence-corrected chi connectivity index (χ3v) is 6.00. The number of imide groups is 1. The third-order valence-electron chi connectivity index (χ3n) is 4.61. The van der Waals surface area contributed by atoms with Gasteiger partial charge in [0.15, 0.2) is 0 Å². The van der Waals surface area contributed by atoms with E-state index in [0.717, 1.165) is 29.2 Å². The van der Waals surface area contributed by atoms with Crippen LogP contribution in [0.3, 0.4) is 0 Å². The summed E-state index contributed by atoms with van der Waals surface area (Å²) in [7, 11) is -4.75. The number of rotatable bonds is 8. The molecule has 3 rings (SSSR count). The molecule has 0 aromatic heterocycles. The Hall–Kier alpha value is -3.87. The molecule has 1 heterocycles. The van der Waals surface area contributed by atoms with Gasteiger partial charge in [-0.25, -0.2) is 13.2 Å². The molecule has 5 amide bonds. The van der Waals surface area contributed by atoms with Crippen LogP contribution in [0.5, 0.6) is 0 Å². The lowest BCUT2D eigenvalue weighted by Crippen LogP contribution is -2.33. The number of hydrogen-bond acceptors (Lipinski definition) is 6. The number of nitrogens with one attached hydrogen (secondary N) is 3.